The van der Waals surface area contributed by atoms with Crippen LogP contribution in [0.4, 0.5) is 5.69 Å². The fourth-order valence-electron chi connectivity index (χ4n) is 2.56. The van der Waals surface area contributed by atoms with Gasteiger partial charge in [0.2, 0.25) is 11.8 Å². The van der Waals surface area contributed by atoms with Gasteiger partial charge in [0.1, 0.15) is 0 Å². The number of rotatable bonds is 4. The Hall–Kier alpha value is -2.28. The van der Waals surface area contributed by atoms with Gasteiger partial charge in [0.05, 0.1) is 11.4 Å². The highest BCUT2D eigenvalue weighted by molar-refractivity contribution is 8.02. The molecule has 2 aromatic rings. The summed E-state index contributed by atoms with van der Waals surface area (Å²) in [5.74, 6) is -0.604. The van der Waals surface area contributed by atoms with E-state index in [0.29, 0.717) is 6.54 Å². The van der Waals surface area contributed by atoms with Crippen molar-refractivity contribution in [3.8, 4) is 0 Å². The van der Waals surface area contributed by atoms with Gasteiger partial charge in [-0.25, -0.2) is 0 Å². The Balaban J connectivity index is 1.74. The smallest absolute Gasteiger partial charge is 0.250 e. The molecule has 0 fully saturated rings. The van der Waals surface area contributed by atoms with Gasteiger partial charge in [-0.1, -0.05) is 23.9 Å². The van der Waals surface area contributed by atoms with Crippen molar-refractivity contribution in [2.45, 2.75) is 43.5 Å². The third kappa shape index (κ3) is 2.91. The lowest BCUT2D eigenvalue weighted by atomic mass is 10.1. The number of carbonyl (C=O) groups is 2. The van der Waals surface area contributed by atoms with E-state index in [1.165, 1.54) is 11.8 Å². The highest BCUT2D eigenvalue weighted by Gasteiger charge is 2.45. The van der Waals surface area contributed by atoms with E-state index in [4.69, 9.17) is 0 Å². The molecular weight excluding hydrogens is 324 g/mol. The summed E-state index contributed by atoms with van der Waals surface area (Å²) in [4.78, 5) is 26.0. The minimum atomic E-state index is -1.19. The number of amides is 2. The van der Waals surface area contributed by atoms with E-state index in [1.54, 1.807) is 6.92 Å². The number of anilines is 1. The first-order chi connectivity index (χ1) is 11.4. The molecule has 2 heterocycles. The molecule has 1 atom stereocenters. The molecular formula is C17H20N4O2S. The molecule has 126 valence electrons. The van der Waals surface area contributed by atoms with Crippen LogP contribution in [0.15, 0.2) is 35.4 Å². The predicted molar refractivity (Wildman–Crippen MR) is 93.8 cm³/mol. The summed E-state index contributed by atoms with van der Waals surface area (Å²) >= 11 is 1.28. The van der Waals surface area contributed by atoms with Crippen molar-refractivity contribution in [1.82, 2.24) is 15.1 Å². The largest absolute Gasteiger partial charge is 0.350 e. The minimum absolute atomic E-state index is 0.301. The van der Waals surface area contributed by atoms with Crippen molar-refractivity contribution in [1.29, 1.82) is 0 Å². The summed E-state index contributed by atoms with van der Waals surface area (Å²) in [5, 5.41) is 10.1. The second kappa shape index (κ2) is 6.32. The van der Waals surface area contributed by atoms with Crippen molar-refractivity contribution in [2.75, 3.05) is 5.32 Å². The van der Waals surface area contributed by atoms with Gasteiger partial charge in [0.15, 0.2) is 4.75 Å². The number of aromatic nitrogens is 2. The van der Waals surface area contributed by atoms with Crippen LogP contribution in [-0.2, 0) is 22.7 Å². The molecule has 0 bridgehead atoms. The fourth-order valence-corrected chi connectivity index (χ4v) is 3.68. The lowest BCUT2D eigenvalue weighted by molar-refractivity contribution is -0.130. The summed E-state index contributed by atoms with van der Waals surface area (Å²) < 4.78 is 0.639. The van der Waals surface area contributed by atoms with Gasteiger partial charge in [-0.2, -0.15) is 5.10 Å². The summed E-state index contributed by atoms with van der Waals surface area (Å²) in [6.45, 7) is 6.71. The Morgan fingerprint density at radius 2 is 2.17 bits per heavy atom. The lowest BCUT2D eigenvalue weighted by Crippen LogP contribution is -2.51. The number of fused-ring (bicyclic) bond motifs is 1. The van der Waals surface area contributed by atoms with Gasteiger partial charge < -0.3 is 10.6 Å². The second-order valence-corrected chi connectivity index (χ2v) is 7.32. The van der Waals surface area contributed by atoms with E-state index in [1.807, 2.05) is 49.0 Å². The average Bonchev–Trinajstić information content (AvgIpc) is 2.93. The second-order valence-electron chi connectivity index (χ2n) is 5.86. The van der Waals surface area contributed by atoms with Gasteiger partial charge >= 0.3 is 0 Å². The van der Waals surface area contributed by atoms with Crippen LogP contribution in [0.5, 0.6) is 0 Å². The molecule has 24 heavy (non-hydrogen) atoms. The van der Waals surface area contributed by atoms with Gasteiger partial charge in [-0.3, -0.25) is 14.3 Å². The van der Waals surface area contributed by atoms with Gasteiger partial charge in [-0.05, 0) is 32.9 Å². The molecule has 0 aliphatic carbocycles. The van der Waals surface area contributed by atoms with Crippen LogP contribution in [-0.4, -0.2) is 26.3 Å². The average molecular weight is 344 g/mol. The van der Waals surface area contributed by atoms with Crippen LogP contribution < -0.4 is 10.6 Å². The molecule has 1 aromatic heterocycles. The Kier molecular flexibility index (Phi) is 4.36. The lowest BCUT2D eigenvalue weighted by Gasteiger charge is -2.31. The van der Waals surface area contributed by atoms with Crippen molar-refractivity contribution in [2.24, 2.45) is 0 Å². The summed E-state index contributed by atoms with van der Waals surface area (Å²) in [5.41, 5.74) is 2.58. The number of hydrogen-bond donors (Lipinski definition) is 2. The van der Waals surface area contributed by atoms with Crippen LogP contribution in [0.2, 0.25) is 0 Å². The van der Waals surface area contributed by atoms with Crippen LogP contribution in [0.3, 0.4) is 0 Å². The molecule has 0 radical (unpaired) electrons. The third-order valence-corrected chi connectivity index (χ3v) is 5.48. The summed E-state index contributed by atoms with van der Waals surface area (Å²) in [7, 11) is 0. The topological polar surface area (TPSA) is 76.0 Å². The molecule has 1 unspecified atom stereocenters. The molecule has 3 rings (SSSR count). The summed E-state index contributed by atoms with van der Waals surface area (Å²) in [6.07, 6.45) is 1.92. The van der Waals surface area contributed by atoms with Gasteiger partial charge in [0, 0.05) is 29.7 Å². The summed E-state index contributed by atoms with van der Waals surface area (Å²) in [6, 6.07) is 7.49. The predicted octanol–water partition coefficient (Wildman–Crippen LogP) is 2.33. The number of carbonyl (C=O) groups excluding carboxylic acids is 2. The third-order valence-electron chi connectivity index (χ3n) is 4.13. The molecule has 1 aromatic carbocycles. The number of hydrogen-bond acceptors (Lipinski definition) is 4. The normalized spacial score (nSPS) is 19.5. The number of aryl methyl sites for hydroxylation is 2. The molecule has 0 spiro atoms. The van der Waals surface area contributed by atoms with E-state index in [2.05, 4.69) is 15.7 Å². The maximum absolute atomic E-state index is 12.7. The molecule has 6 nitrogen and oxygen atoms in total. The zero-order valence-corrected chi connectivity index (χ0v) is 14.7. The molecule has 2 N–H and O–H groups in total. The van der Waals surface area contributed by atoms with E-state index < -0.39 is 4.75 Å². The zero-order chi connectivity index (χ0) is 17.3. The number of benzene rings is 1. The molecule has 1 aliphatic rings. The van der Waals surface area contributed by atoms with Crippen molar-refractivity contribution >= 4 is 29.3 Å². The fraction of sp³-hybridized carbons (Fsp3) is 0.353. The monoisotopic (exact) mass is 344 g/mol. The first kappa shape index (κ1) is 16.6. The first-order valence-electron chi connectivity index (χ1n) is 7.84. The molecule has 0 saturated heterocycles. The Morgan fingerprint density at radius 1 is 1.42 bits per heavy atom. The highest BCUT2D eigenvalue weighted by Crippen LogP contribution is 2.42. The molecule has 7 heteroatoms. The maximum Gasteiger partial charge on any atom is 0.250 e. The Morgan fingerprint density at radius 3 is 2.88 bits per heavy atom. The maximum atomic E-state index is 12.7. The molecule has 2 amide bonds. The highest BCUT2D eigenvalue weighted by atomic mass is 32.2. The van der Waals surface area contributed by atoms with Crippen LogP contribution in [0, 0.1) is 6.92 Å². The standard InChI is InChI=1S/C17H20N4O2S/c1-4-21-10-12(11(2)20-21)9-18-15(22)17(3)16(23)19-13-7-5-6-8-14(13)24-17/h5-8,10H,4,9H2,1-3H3,(H,18,22)(H,19,23). The number of nitrogens with one attached hydrogen (secondary N) is 2. The minimum Gasteiger partial charge on any atom is -0.350 e. The molecule has 0 saturated carbocycles. The number of nitrogens with zero attached hydrogens (tertiary/aromatic N) is 2. The van der Waals surface area contributed by atoms with E-state index in [-0.39, 0.29) is 11.8 Å². The van der Waals surface area contributed by atoms with E-state index in [0.717, 1.165) is 28.4 Å². The zero-order valence-electron chi connectivity index (χ0n) is 13.9. The van der Waals surface area contributed by atoms with Gasteiger partial charge in [-0.15, -0.1) is 0 Å². The van der Waals surface area contributed by atoms with Crippen LogP contribution in [0.25, 0.3) is 0 Å². The Bertz CT molecular complexity index is 802. The Labute approximate surface area is 145 Å². The van der Waals surface area contributed by atoms with Gasteiger partial charge in [0.25, 0.3) is 0 Å². The quantitative estimate of drug-likeness (QED) is 0.835. The van der Waals surface area contributed by atoms with Crippen LogP contribution >= 0.6 is 11.8 Å². The SMILES string of the molecule is CCn1cc(CNC(=O)C2(C)Sc3ccccc3NC2=O)c(C)n1. The van der Waals surface area contributed by atoms with Crippen molar-refractivity contribution in [3.05, 3.63) is 41.7 Å². The van der Waals surface area contributed by atoms with Crippen LogP contribution in [0.1, 0.15) is 25.1 Å². The number of thioether (sulfide) groups is 1. The van der Waals surface area contributed by atoms with Crippen molar-refractivity contribution in [3.63, 3.8) is 0 Å². The molecule has 1 aliphatic heterocycles. The van der Waals surface area contributed by atoms with Crippen molar-refractivity contribution < 1.29 is 9.59 Å². The first-order valence-corrected chi connectivity index (χ1v) is 8.66. The number of para-hydroxylation sites is 1. The van der Waals surface area contributed by atoms with E-state index >= 15 is 0 Å². The van der Waals surface area contributed by atoms with E-state index in [9.17, 15) is 9.59 Å².